The molecular formula is C12H16F2NO2P. The number of hydrogen-bond donors (Lipinski definition) is 1. The molecule has 0 bridgehead atoms. The van der Waals surface area contributed by atoms with Crippen molar-refractivity contribution in [3.63, 3.8) is 0 Å². The Morgan fingerprint density at radius 3 is 2.39 bits per heavy atom. The lowest BCUT2D eigenvalue weighted by Gasteiger charge is -2.40. The van der Waals surface area contributed by atoms with Crippen LogP contribution in [-0.2, 0) is 9.09 Å². The number of halogens is 2. The fourth-order valence-corrected chi connectivity index (χ4v) is 4.54. The van der Waals surface area contributed by atoms with Gasteiger partial charge in [-0.3, -0.25) is 9.88 Å². The van der Waals surface area contributed by atoms with E-state index in [1.807, 2.05) is 13.8 Å². The van der Waals surface area contributed by atoms with E-state index in [1.165, 1.54) is 0 Å². The van der Waals surface area contributed by atoms with E-state index in [-0.39, 0.29) is 17.5 Å². The normalized spacial score (nSPS) is 31.3. The summed E-state index contributed by atoms with van der Waals surface area (Å²) in [6.45, 7) is 5.76. The Morgan fingerprint density at radius 2 is 1.89 bits per heavy atom. The molecule has 18 heavy (non-hydrogen) atoms. The molecule has 2 atom stereocenters. The Morgan fingerprint density at radius 1 is 1.33 bits per heavy atom. The minimum Gasteiger partial charge on any atom is -0.322 e. The second kappa shape index (κ2) is 4.41. The molecule has 0 spiro atoms. The summed E-state index contributed by atoms with van der Waals surface area (Å²) < 4.78 is 44.6. The Kier molecular flexibility index (Phi) is 3.34. The molecule has 1 saturated heterocycles. The van der Waals surface area contributed by atoms with Crippen LogP contribution in [0.5, 0.6) is 0 Å². The smallest absolute Gasteiger partial charge is 0.248 e. The monoisotopic (exact) mass is 275 g/mol. The van der Waals surface area contributed by atoms with E-state index < -0.39 is 24.8 Å². The van der Waals surface area contributed by atoms with Gasteiger partial charge in [0.15, 0.2) is 0 Å². The van der Waals surface area contributed by atoms with E-state index in [0.29, 0.717) is 0 Å². The molecule has 1 N–H and O–H groups in total. The second-order valence-corrected chi connectivity index (χ2v) is 7.95. The molecule has 0 amide bonds. The summed E-state index contributed by atoms with van der Waals surface area (Å²) in [5.41, 5.74) is -0.306. The number of rotatable bonds is 1. The minimum atomic E-state index is -3.28. The zero-order chi connectivity index (χ0) is 13.6. The van der Waals surface area contributed by atoms with Crippen molar-refractivity contribution in [2.24, 2.45) is 0 Å². The molecule has 100 valence electrons. The van der Waals surface area contributed by atoms with Gasteiger partial charge in [0.25, 0.3) is 0 Å². The first-order valence-electron chi connectivity index (χ1n) is 5.72. The van der Waals surface area contributed by atoms with Crippen molar-refractivity contribution in [1.82, 2.24) is 5.32 Å². The van der Waals surface area contributed by atoms with Gasteiger partial charge < -0.3 is 4.52 Å². The lowest BCUT2D eigenvalue weighted by molar-refractivity contribution is 0.174. The molecule has 1 aliphatic heterocycles. The van der Waals surface area contributed by atoms with Crippen molar-refractivity contribution < 1.29 is 17.9 Å². The molecular weight excluding hydrogens is 259 g/mol. The first kappa shape index (κ1) is 13.7. The quantitative estimate of drug-likeness (QED) is 0.801. The van der Waals surface area contributed by atoms with Crippen molar-refractivity contribution in [2.75, 3.05) is 6.61 Å². The molecule has 3 nitrogen and oxygen atoms in total. The zero-order valence-corrected chi connectivity index (χ0v) is 11.4. The molecule has 0 radical (unpaired) electrons. The first-order chi connectivity index (χ1) is 8.23. The summed E-state index contributed by atoms with van der Waals surface area (Å²) in [5.74, 6) is -1.98. The Bertz CT molecular complexity index is 499. The molecule has 1 heterocycles. The van der Waals surface area contributed by atoms with Gasteiger partial charge in [0, 0.05) is 16.9 Å². The highest BCUT2D eigenvalue weighted by atomic mass is 31.2. The van der Waals surface area contributed by atoms with Crippen molar-refractivity contribution in [1.29, 1.82) is 0 Å². The average Bonchev–Trinajstić information content (AvgIpc) is 2.22. The lowest BCUT2D eigenvalue weighted by Crippen LogP contribution is -2.53. The largest absolute Gasteiger partial charge is 0.322 e. The lowest BCUT2D eigenvalue weighted by atomic mass is 10.1. The highest BCUT2D eigenvalue weighted by molar-refractivity contribution is 7.67. The van der Waals surface area contributed by atoms with Crippen LogP contribution in [0.25, 0.3) is 0 Å². The van der Waals surface area contributed by atoms with Crippen LogP contribution < -0.4 is 10.6 Å². The molecule has 1 aromatic carbocycles. The van der Waals surface area contributed by atoms with Gasteiger partial charge >= 0.3 is 0 Å². The van der Waals surface area contributed by atoms with Gasteiger partial charge in [-0.2, -0.15) is 0 Å². The van der Waals surface area contributed by atoms with Crippen molar-refractivity contribution in [3.05, 3.63) is 29.8 Å². The summed E-state index contributed by atoms with van der Waals surface area (Å²) in [5, 5.41) is 3.23. The molecule has 2 rings (SSSR count). The summed E-state index contributed by atoms with van der Waals surface area (Å²) in [6, 6.07) is 2.89. The van der Waals surface area contributed by atoms with Gasteiger partial charge in [-0.1, -0.05) is 0 Å². The topological polar surface area (TPSA) is 38.3 Å². The van der Waals surface area contributed by atoms with Crippen LogP contribution in [-0.4, -0.2) is 17.9 Å². The summed E-state index contributed by atoms with van der Waals surface area (Å²) >= 11 is 0. The summed E-state index contributed by atoms with van der Waals surface area (Å²) in [6.07, 6.45) is 0. The standard InChI is InChI=1S/C12H16F2NO2P/c1-8-15-12(2,3)7-17-18(8,16)11-5-9(13)4-10(14)6-11/h4-6,8,15H,7H2,1-3H3/t8-,18-/m1/s1. The van der Waals surface area contributed by atoms with E-state index in [2.05, 4.69) is 5.32 Å². The van der Waals surface area contributed by atoms with Crippen LogP contribution in [0.15, 0.2) is 18.2 Å². The van der Waals surface area contributed by atoms with Crippen molar-refractivity contribution in [3.8, 4) is 0 Å². The molecule has 0 saturated carbocycles. The van der Waals surface area contributed by atoms with Crippen LogP contribution >= 0.6 is 7.37 Å². The first-order valence-corrected chi connectivity index (χ1v) is 7.41. The molecule has 6 heteroatoms. The molecule has 1 aromatic rings. The van der Waals surface area contributed by atoms with Crippen LogP contribution in [0.4, 0.5) is 8.78 Å². The molecule has 0 aliphatic carbocycles. The zero-order valence-electron chi connectivity index (χ0n) is 10.5. The fraction of sp³-hybridized carbons (Fsp3) is 0.500. The highest BCUT2D eigenvalue weighted by Gasteiger charge is 2.42. The number of benzene rings is 1. The van der Waals surface area contributed by atoms with Crippen molar-refractivity contribution >= 4 is 12.7 Å². The van der Waals surface area contributed by atoms with Crippen LogP contribution in [0, 0.1) is 11.6 Å². The Hall–Kier alpha value is -0.770. The van der Waals surface area contributed by atoms with Gasteiger partial charge in [0.2, 0.25) is 7.37 Å². The van der Waals surface area contributed by atoms with E-state index >= 15 is 0 Å². The van der Waals surface area contributed by atoms with E-state index in [1.54, 1.807) is 6.92 Å². The van der Waals surface area contributed by atoms with Gasteiger partial charge in [-0.15, -0.1) is 0 Å². The average molecular weight is 275 g/mol. The third-order valence-corrected chi connectivity index (χ3v) is 5.57. The van der Waals surface area contributed by atoms with E-state index in [0.717, 1.165) is 18.2 Å². The highest BCUT2D eigenvalue weighted by Crippen LogP contribution is 2.53. The Labute approximate surface area is 105 Å². The van der Waals surface area contributed by atoms with Crippen LogP contribution in [0.2, 0.25) is 0 Å². The summed E-state index contributed by atoms with van der Waals surface area (Å²) in [4.78, 5) is 0. The second-order valence-electron chi connectivity index (χ2n) is 5.20. The SMILES string of the molecule is C[C@@H]1NC(C)(C)CO[P@@]1(=O)c1cc(F)cc(F)c1. The minimum absolute atomic E-state index is 0.0792. The van der Waals surface area contributed by atoms with Crippen LogP contribution in [0.3, 0.4) is 0 Å². The van der Waals surface area contributed by atoms with E-state index in [4.69, 9.17) is 4.52 Å². The van der Waals surface area contributed by atoms with Gasteiger partial charge in [0.1, 0.15) is 11.6 Å². The maximum atomic E-state index is 13.2. The van der Waals surface area contributed by atoms with Crippen molar-refractivity contribution in [2.45, 2.75) is 32.1 Å². The predicted molar refractivity (Wildman–Crippen MR) is 66.2 cm³/mol. The van der Waals surface area contributed by atoms with Gasteiger partial charge in [-0.25, -0.2) is 8.78 Å². The van der Waals surface area contributed by atoms with E-state index in [9.17, 15) is 13.3 Å². The number of hydrogen-bond acceptors (Lipinski definition) is 3. The molecule has 1 aliphatic rings. The molecule has 0 aromatic heterocycles. The number of nitrogens with one attached hydrogen (secondary N) is 1. The molecule has 0 unspecified atom stereocenters. The summed E-state index contributed by atoms with van der Waals surface area (Å²) in [7, 11) is -3.28. The third kappa shape index (κ3) is 2.48. The third-order valence-electron chi connectivity index (χ3n) is 2.93. The molecule has 1 fully saturated rings. The Balaban J connectivity index is 2.40. The van der Waals surface area contributed by atoms with Gasteiger partial charge in [-0.05, 0) is 32.9 Å². The maximum Gasteiger partial charge on any atom is 0.248 e. The maximum absolute atomic E-state index is 13.2. The fourth-order valence-electron chi connectivity index (χ4n) is 2.08. The van der Waals surface area contributed by atoms with Crippen LogP contribution in [0.1, 0.15) is 20.8 Å². The van der Waals surface area contributed by atoms with Gasteiger partial charge in [0.05, 0.1) is 12.4 Å². The predicted octanol–water partition coefficient (Wildman–Crippen LogP) is 2.61.